The summed E-state index contributed by atoms with van der Waals surface area (Å²) in [5, 5.41) is 9.51. The van der Waals surface area contributed by atoms with Gasteiger partial charge in [-0.05, 0) is 44.9 Å². The maximum atomic E-state index is 11.6. The first kappa shape index (κ1) is 20.4. The first-order valence-corrected chi connectivity index (χ1v) is 9.53. The van der Waals surface area contributed by atoms with Gasteiger partial charge in [-0.15, -0.1) is 0 Å². The van der Waals surface area contributed by atoms with Gasteiger partial charge in [0.2, 0.25) is 0 Å². The Morgan fingerprint density at radius 3 is 2.18 bits per heavy atom. The predicted molar refractivity (Wildman–Crippen MR) is 108 cm³/mol. The van der Waals surface area contributed by atoms with Gasteiger partial charge in [-0.25, -0.2) is 0 Å². The van der Waals surface area contributed by atoms with Crippen LogP contribution in [0.1, 0.15) is 51.1 Å². The summed E-state index contributed by atoms with van der Waals surface area (Å²) in [6.45, 7) is 8.25. The zero-order valence-electron chi connectivity index (χ0n) is 16.8. The number of aliphatic carboxylic acids is 1. The van der Waals surface area contributed by atoms with E-state index in [1.165, 1.54) is 0 Å². The van der Waals surface area contributed by atoms with Crippen molar-refractivity contribution in [2.24, 2.45) is 0 Å². The van der Waals surface area contributed by atoms with E-state index in [1.54, 1.807) is 0 Å². The molecule has 6 heteroatoms. The lowest BCUT2D eigenvalue weighted by molar-refractivity contribution is -0.137. The second-order valence-electron chi connectivity index (χ2n) is 8.14. The molecule has 3 rings (SSSR count). The van der Waals surface area contributed by atoms with Crippen LogP contribution in [0.15, 0.2) is 54.6 Å². The van der Waals surface area contributed by atoms with Crippen LogP contribution in [-0.4, -0.2) is 29.4 Å². The molecule has 2 aromatic rings. The van der Waals surface area contributed by atoms with Crippen LogP contribution >= 0.6 is 0 Å². The molecule has 5 nitrogen and oxygen atoms in total. The summed E-state index contributed by atoms with van der Waals surface area (Å²) in [5.74, 6) is -0.740. The molecule has 1 aliphatic heterocycles. The Morgan fingerprint density at radius 1 is 1.00 bits per heavy atom. The van der Waals surface area contributed by atoms with Crippen molar-refractivity contribution in [3.05, 3.63) is 65.7 Å². The number of carbonyl (C=O) groups is 1. The summed E-state index contributed by atoms with van der Waals surface area (Å²) in [5.41, 5.74) is 0.754. The molecule has 1 fully saturated rings. The minimum Gasteiger partial charge on any atom is -0.489 e. The number of hydrogen-bond donors (Lipinski definition) is 1. The van der Waals surface area contributed by atoms with E-state index in [2.05, 4.69) is 0 Å². The molecule has 28 heavy (non-hydrogen) atoms. The van der Waals surface area contributed by atoms with Crippen molar-refractivity contribution < 1.29 is 23.9 Å². The predicted octanol–water partition coefficient (Wildman–Crippen LogP) is 4.46. The number of carboxylic acid groups (broad SMARTS) is 1. The summed E-state index contributed by atoms with van der Waals surface area (Å²) in [6, 6.07) is 17.4. The Kier molecular flexibility index (Phi) is 5.82. The van der Waals surface area contributed by atoms with E-state index in [0.717, 1.165) is 11.1 Å². The Morgan fingerprint density at radius 2 is 1.57 bits per heavy atom. The number of rotatable bonds is 7. The van der Waals surface area contributed by atoms with Gasteiger partial charge in [0.25, 0.3) is 0 Å². The number of benzene rings is 2. The van der Waals surface area contributed by atoms with E-state index >= 15 is 0 Å². The van der Waals surface area contributed by atoms with Crippen LogP contribution in [0.25, 0.3) is 0 Å². The van der Waals surface area contributed by atoms with Crippen molar-refractivity contribution in [2.45, 2.75) is 57.7 Å². The smallest absolute Gasteiger partial charge is 0.466 e. The molecule has 0 radical (unpaired) electrons. The fourth-order valence-electron chi connectivity index (χ4n) is 3.25. The minimum atomic E-state index is -0.905. The molecule has 1 unspecified atom stereocenters. The first-order chi connectivity index (χ1) is 13.2. The molecule has 148 valence electrons. The molecule has 1 heterocycles. The lowest BCUT2D eigenvalue weighted by atomic mass is 9.66. The molecule has 2 aromatic carbocycles. The van der Waals surface area contributed by atoms with Gasteiger partial charge in [0, 0.05) is 5.82 Å². The quantitative estimate of drug-likeness (QED) is 0.717. The number of ether oxygens (including phenoxy) is 1. The molecule has 1 N–H and O–H groups in total. The number of carboxylic acids is 1. The third kappa shape index (κ3) is 4.40. The highest BCUT2D eigenvalue weighted by Crippen LogP contribution is 2.43. The average Bonchev–Trinajstić information content (AvgIpc) is 2.86. The van der Waals surface area contributed by atoms with Crippen LogP contribution in [0.3, 0.4) is 0 Å². The molecular weight excluding hydrogens is 355 g/mol. The van der Waals surface area contributed by atoms with Crippen molar-refractivity contribution in [1.29, 1.82) is 0 Å². The third-order valence-electron chi connectivity index (χ3n) is 5.55. The van der Waals surface area contributed by atoms with Crippen LogP contribution in [0.4, 0.5) is 0 Å². The minimum absolute atomic E-state index is 0.109. The van der Waals surface area contributed by atoms with E-state index in [-0.39, 0.29) is 6.42 Å². The molecule has 0 saturated carbocycles. The zero-order valence-corrected chi connectivity index (χ0v) is 16.8. The number of hydrogen-bond acceptors (Lipinski definition) is 4. The molecule has 0 amide bonds. The van der Waals surface area contributed by atoms with Gasteiger partial charge >= 0.3 is 13.1 Å². The van der Waals surface area contributed by atoms with Gasteiger partial charge in [-0.1, -0.05) is 48.5 Å². The molecule has 0 aliphatic carbocycles. The second kappa shape index (κ2) is 7.98. The van der Waals surface area contributed by atoms with Gasteiger partial charge in [0.15, 0.2) is 0 Å². The zero-order chi connectivity index (χ0) is 20.4. The molecular formula is C22H27BO5. The van der Waals surface area contributed by atoms with Crippen LogP contribution < -0.4 is 4.74 Å². The Labute approximate surface area is 166 Å². The van der Waals surface area contributed by atoms with Crippen LogP contribution in [-0.2, 0) is 20.7 Å². The molecule has 1 atom stereocenters. The Balaban J connectivity index is 1.88. The van der Waals surface area contributed by atoms with Crippen molar-refractivity contribution in [1.82, 2.24) is 0 Å². The highest BCUT2D eigenvalue weighted by molar-refractivity contribution is 6.48. The van der Waals surface area contributed by atoms with Gasteiger partial charge in [0.1, 0.15) is 12.4 Å². The van der Waals surface area contributed by atoms with Gasteiger partial charge in [-0.2, -0.15) is 0 Å². The van der Waals surface area contributed by atoms with Crippen molar-refractivity contribution in [3.63, 3.8) is 0 Å². The SMILES string of the molecule is CC1(C)OB(C(CC(=O)O)c2ccccc2OCc2ccccc2)OC1(C)C. The summed E-state index contributed by atoms with van der Waals surface area (Å²) in [4.78, 5) is 11.6. The normalized spacial score (nSPS) is 18.6. The van der Waals surface area contributed by atoms with E-state index in [1.807, 2.05) is 82.3 Å². The van der Waals surface area contributed by atoms with Crippen LogP contribution in [0, 0.1) is 0 Å². The van der Waals surface area contributed by atoms with E-state index < -0.39 is 30.1 Å². The monoisotopic (exact) mass is 382 g/mol. The van der Waals surface area contributed by atoms with E-state index in [0.29, 0.717) is 12.4 Å². The van der Waals surface area contributed by atoms with Crippen molar-refractivity contribution >= 4 is 13.1 Å². The Bertz CT molecular complexity index is 803. The fourth-order valence-corrected chi connectivity index (χ4v) is 3.25. The van der Waals surface area contributed by atoms with E-state index in [9.17, 15) is 9.90 Å². The summed E-state index contributed by atoms with van der Waals surface area (Å²) < 4.78 is 18.4. The topological polar surface area (TPSA) is 65.0 Å². The van der Waals surface area contributed by atoms with Crippen LogP contribution in [0.5, 0.6) is 5.75 Å². The van der Waals surface area contributed by atoms with E-state index in [4.69, 9.17) is 14.0 Å². The van der Waals surface area contributed by atoms with Gasteiger partial charge in [0.05, 0.1) is 17.6 Å². The lowest BCUT2D eigenvalue weighted by Gasteiger charge is -2.32. The maximum Gasteiger partial charge on any atom is 0.466 e. The Hall–Kier alpha value is -2.31. The molecule has 1 saturated heterocycles. The highest BCUT2D eigenvalue weighted by Gasteiger charge is 2.54. The molecule has 0 bridgehead atoms. The lowest BCUT2D eigenvalue weighted by Crippen LogP contribution is -2.41. The number of para-hydroxylation sites is 1. The van der Waals surface area contributed by atoms with Crippen LogP contribution in [0.2, 0.25) is 0 Å². The standard InChI is InChI=1S/C22H27BO5/c1-21(2)22(3,4)28-23(27-21)18(14-20(24)25)17-12-8-9-13-19(17)26-15-16-10-6-5-7-11-16/h5-13,18H,14-15H2,1-4H3,(H,24,25). The molecule has 0 aromatic heterocycles. The fraction of sp³-hybridized carbons (Fsp3) is 0.409. The van der Waals surface area contributed by atoms with Crippen molar-refractivity contribution in [2.75, 3.05) is 0 Å². The van der Waals surface area contributed by atoms with Gasteiger partial charge in [-0.3, -0.25) is 4.79 Å². The van der Waals surface area contributed by atoms with Gasteiger partial charge < -0.3 is 19.2 Å². The third-order valence-corrected chi connectivity index (χ3v) is 5.55. The molecule has 0 spiro atoms. The maximum absolute atomic E-state index is 11.6. The largest absolute Gasteiger partial charge is 0.489 e. The first-order valence-electron chi connectivity index (χ1n) is 9.53. The summed E-state index contributed by atoms with van der Waals surface area (Å²) in [7, 11) is -0.664. The second-order valence-corrected chi connectivity index (χ2v) is 8.14. The summed E-state index contributed by atoms with van der Waals surface area (Å²) in [6.07, 6.45) is -0.109. The average molecular weight is 382 g/mol. The summed E-state index contributed by atoms with van der Waals surface area (Å²) >= 11 is 0. The molecule has 1 aliphatic rings. The highest BCUT2D eigenvalue weighted by atomic mass is 16.7. The van der Waals surface area contributed by atoms with Crippen molar-refractivity contribution in [3.8, 4) is 5.75 Å².